The number of piperazine rings is 2. The van der Waals surface area contributed by atoms with Crippen LogP contribution in [0.3, 0.4) is 0 Å². The number of amides is 1. The standard InChI is InChI=1S/C23H33N5O2/c1-18-5-4-6-22(20(18)3)27-11-13-28(14-12-27)23(29)17-26-9-7-25(8-10-26)16-21-15-19(2)30-24-21/h4-6,15H,7-14,16-17H2,1-3H3. The summed E-state index contributed by atoms with van der Waals surface area (Å²) in [7, 11) is 0. The fourth-order valence-corrected chi connectivity index (χ4v) is 4.39. The Labute approximate surface area is 179 Å². The molecule has 0 unspecified atom stereocenters. The van der Waals surface area contributed by atoms with Gasteiger partial charge in [-0.2, -0.15) is 0 Å². The summed E-state index contributed by atoms with van der Waals surface area (Å²) < 4.78 is 5.15. The van der Waals surface area contributed by atoms with E-state index in [9.17, 15) is 4.79 Å². The maximum atomic E-state index is 12.8. The fraction of sp³-hybridized carbons (Fsp3) is 0.565. The summed E-state index contributed by atoms with van der Waals surface area (Å²) in [5.74, 6) is 1.11. The maximum Gasteiger partial charge on any atom is 0.236 e. The molecule has 162 valence electrons. The number of aryl methyl sites for hydroxylation is 2. The van der Waals surface area contributed by atoms with Crippen molar-refractivity contribution in [2.24, 2.45) is 0 Å². The zero-order chi connectivity index (χ0) is 21.1. The number of rotatable bonds is 5. The van der Waals surface area contributed by atoms with Crippen LogP contribution in [-0.2, 0) is 11.3 Å². The van der Waals surface area contributed by atoms with Crippen molar-refractivity contribution >= 4 is 11.6 Å². The van der Waals surface area contributed by atoms with Crippen molar-refractivity contribution in [3.8, 4) is 0 Å². The Hall–Kier alpha value is -2.38. The zero-order valence-electron chi connectivity index (χ0n) is 18.4. The van der Waals surface area contributed by atoms with E-state index in [0.717, 1.165) is 70.4 Å². The number of hydrogen-bond acceptors (Lipinski definition) is 6. The van der Waals surface area contributed by atoms with E-state index in [1.165, 1.54) is 16.8 Å². The van der Waals surface area contributed by atoms with Crippen molar-refractivity contribution in [3.05, 3.63) is 46.8 Å². The average Bonchev–Trinajstić information content (AvgIpc) is 3.16. The molecular formula is C23H33N5O2. The molecule has 2 saturated heterocycles. The van der Waals surface area contributed by atoms with Crippen LogP contribution in [0.15, 0.2) is 28.8 Å². The minimum absolute atomic E-state index is 0.260. The molecule has 2 aromatic rings. The normalized spacial score (nSPS) is 18.8. The van der Waals surface area contributed by atoms with Crippen molar-refractivity contribution in [3.63, 3.8) is 0 Å². The first-order valence-electron chi connectivity index (χ1n) is 11.0. The second-order valence-electron chi connectivity index (χ2n) is 8.57. The first kappa shape index (κ1) is 20.9. The van der Waals surface area contributed by atoms with Gasteiger partial charge in [-0.1, -0.05) is 17.3 Å². The zero-order valence-corrected chi connectivity index (χ0v) is 18.4. The van der Waals surface area contributed by atoms with Crippen LogP contribution in [0.5, 0.6) is 0 Å². The van der Waals surface area contributed by atoms with Gasteiger partial charge in [0.15, 0.2) is 0 Å². The van der Waals surface area contributed by atoms with Gasteiger partial charge < -0.3 is 14.3 Å². The molecule has 0 spiro atoms. The highest BCUT2D eigenvalue weighted by Crippen LogP contribution is 2.24. The number of carbonyl (C=O) groups excluding carboxylic acids is 1. The second kappa shape index (κ2) is 9.18. The van der Waals surface area contributed by atoms with Crippen molar-refractivity contribution in [1.82, 2.24) is 19.9 Å². The van der Waals surface area contributed by atoms with Crippen molar-refractivity contribution in [1.29, 1.82) is 0 Å². The lowest BCUT2D eigenvalue weighted by Gasteiger charge is -2.39. The van der Waals surface area contributed by atoms with Gasteiger partial charge in [0, 0.05) is 70.7 Å². The van der Waals surface area contributed by atoms with E-state index in [-0.39, 0.29) is 5.91 Å². The predicted molar refractivity (Wildman–Crippen MR) is 118 cm³/mol. The van der Waals surface area contributed by atoms with E-state index >= 15 is 0 Å². The van der Waals surface area contributed by atoms with E-state index in [2.05, 4.69) is 51.9 Å². The van der Waals surface area contributed by atoms with Crippen molar-refractivity contribution < 1.29 is 9.32 Å². The van der Waals surface area contributed by atoms with Gasteiger partial charge in [0.2, 0.25) is 5.91 Å². The number of anilines is 1. The van der Waals surface area contributed by atoms with Gasteiger partial charge in [-0.15, -0.1) is 0 Å². The minimum atomic E-state index is 0.260. The molecule has 4 rings (SSSR count). The largest absolute Gasteiger partial charge is 0.368 e. The van der Waals surface area contributed by atoms with Gasteiger partial charge in [-0.25, -0.2) is 0 Å². The molecule has 1 aromatic heterocycles. The lowest BCUT2D eigenvalue weighted by atomic mass is 10.1. The Bertz CT molecular complexity index is 864. The van der Waals surface area contributed by atoms with E-state index in [1.807, 2.05) is 17.9 Å². The molecule has 0 saturated carbocycles. The molecule has 0 aliphatic carbocycles. The molecule has 30 heavy (non-hydrogen) atoms. The van der Waals surface area contributed by atoms with E-state index in [1.54, 1.807) is 0 Å². The summed E-state index contributed by atoms with van der Waals surface area (Å²) in [6.45, 7) is 14.8. The van der Waals surface area contributed by atoms with E-state index < -0.39 is 0 Å². The monoisotopic (exact) mass is 411 g/mol. The van der Waals surface area contributed by atoms with Gasteiger partial charge in [0.1, 0.15) is 5.76 Å². The van der Waals surface area contributed by atoms with Crippen LogP contribution < -0.4 is 4.90 Å². The number of carbonyl (C=O) groups is 1. The highest BCUT2D eigenvalue weighted by molar-refractivity contribution is 5.78. The second-order valence-corrected chi connectivity index (χ2v) is 8.57. The highest BCUT2D eigenvalue weighted by Gasteiger charge is 2.25. The molecule has 1 aromatic carbocycles. The van der Waals surface area contributed by atoms with E-state index in [4.69, 9.17) is 4.52 Å². The van der Waals surface area contributed by atoms with Crippen LogP contribution >= 0.6 is 0 Å². The summed E-state index contributed by atoms with van der Waals surface area (Å²) in [6, 6.07) is 8.47. The molecule has 0 bridgehead atoms. The molecule has 0 atom stereocenters. The fourth-order valence-electron chi connectivity index (χ4n) is 4.39. The molecule has 2 aliphatic rings. The van der Waals surface area contributed by atoms with Gasteiger partial charge in [0.05, 0.1) is 12.2 Å². The molecule has 1 amide bonds. The summed E-state index contributed by atoms with van der Waals surface area (Å²) in [6.07, 6.45) is 0. The molecule has 7 heteroatoms. The van der Waals surface area contributed by atoms with Gasteiger partial charge in [-0.3, -0.25) is 14.6 Å². The van der Waals surface area contributed by atoms with Crippen LogP contribution in [0.1, 0.15) is 22.6 Å². The Morgan fingerprint density at radius 1 is 0.967 bits per heavy atom. The van der Waals surface area contributed by atoms with Gasteiger partial charge in [0.25, 0.3) is 0 Å². The molecular weight excluding hydrogens is 378 g/mol. The third-order valence-electron chi connectivity index (χ3n) is 6.44. The Morgan fingerprint density at radius 3 is 2.33 bits per heavy atom. The quantitative estimate of drug-likeness (QED) is 0.751. The van der Waals surface area contributed by atoms with E-state index in [0.29, 0.717) is 6.54 Å². The highest BCUT2D eigenvalue weighted by atomic mass is 16.5. The maximum absolute atomic E-state index is 12.8. The van der Waals surface area contributed by atoms with Crippen LogP contribution in [0.4, 0.5) is 5.69 Å². The topological polar surface area (TPSA) is 56.1 Å². The van der Waals surface area contributed by atoms with Crippen LogP contribution in [0, 0.1) is 20.8 Å². The first-order chi connectivity index (χ1) is 14.5. The summed E-state index contributed by atoms with van der Waals surface area (Å²) in [5, 5.41) is 4.08. The predicted octanol–water partition coefficient (Wildman–Crippen LogP) is 2.07. The number of nitrogens with zero attached hydrogens (tertiary/aromatic N) is 5. The molecule has 3 heterocycles. The third kappa shape index (κ3) is 4.84. The summed E-state index contributed by atoms with van der Waals surface area (Å²) >= 11 is 0. The number of hydrogen-bond donors (Lipinski definition) is 0. The van der Waals surface area contributed by atoms with Gasteiger partial charge >= 0.3 is 0 Å². The number of aromatic nitrogens is 1. The molecule has 7 nitrogen and oxygen atoms in total. The molecule has 0 N–H and O–H groups in total. The smallest absolute Gasteiger partial charge is 0.236 e. The lowest BCUT2D eigenvalue weighted by Crippen LogP contribution is -2.53. The molecule has 0 radical (unpaired) electrons. The SMILES string of the molecule is Cc1cc(CN2CCN(CC(=O)N3CCN(c4cccc(C)c4C)CC3)CC2)no1. The molecule has 2 aliphatic heterocycles. The minimum Gasteiger partial charge on any atom is -0.368 e. The number of benzene rings is 1. The van der Waals surface area contributed by atoms with Crippen molar-refractivity contribution in [2.45, 2.75) is 27.3 Å². The van der Waals surface area contributed by atoms with Crippen LogP contribution in [0.2, 0.25) is 0 Å². The van der Waals surface area contributed by atoms with Gasteiger partial charge in [-0.05, 0) is 38.0 Å². The Kier molecular flexibility index (Phi) is 6.39. The summed E-state index contributed by atoms with van der Waals surface area (Å²) in [5.41, 5.74) is 4.96. The Balaban J connectivity index is 1.21. The van der Waals surface area contributed by atoms with Crippen molar-refractivity contribution in [2.75, 3.05) is 63.8 Å². The summed E-state index contributed by atoms with van der Waals surface area (Å²) in [4.78, 5) is 21.9. The van der Waals surface area contributed by atoms with Crippen LogP contribution in [-0.4, -0.2) is 84.7 Å². The lowest BCUT2D eigenvalue weighted by molar-refractivity contribution is -0.133. The first-order valence-corrected chi connectivity index (χ1v) is 11.0. The average molecular weight is 412 g/mol. The third-order valence-corrected chi connectivity index (χ3v) is 6.44. The molecule has 2 fully saturated rings. The Morgan fingerprint density at radius 2 is 1.67 bits per heavy atom. The van der Waals surface area contributed by atoms with Crippen LogP contribution in [0.25, 0.3) is 0 Å².